The first-order valence-electron chi connectivity index (χ1n) is 12.0. The van der Waals surface area contributed by atoms with Crippen LogP contribution >= 0.6 is 7.92 Å². The van der Waals surface area contributed by atoms with Gasteiger partial charge in [0.2, 0.25) is 11.6 Å². The quantitative estimate of drug-likeness (QED) is 0.0996. The highest BCUT2D eigenvalue weighted by atomic mass is 31.1. The van der Waals surface area contributed by atoms with Gasteiger partial charge < -0.3 is 0 Å². The molecule has 2 atom stereocenters. The van der Waals surface area contributed by atoms with Gasteiger partial charge in [0.05, 0.1) is 21.9 Å². The summed E-state index contributed by atoms with van der Waals surface area (Å²) < 4.78 is 148. The maximum Gasteiger partial charge on any atom is 0.274 e. The van der Waals surface area contributed by atoms with Gasteiger partial charge in [-0.15, -0.1) is 0 Å². The van der Waals surface area contributed by atoms with Gasteiger partial charge in [0.1, 0.15) is 11.6 Å². The second-order valence-electron chi connectivity index (χ2n) is 9.30. The molecule has 43 heavy (non-hydrogen) atoms. The first-order chi connectivity index (χ1) is 20.4. The van der Waals surface area contributed by atoms with Crippen LogP contribution in [0.5, 0.6) is 0 Å². The fourth-order valence-electron chi connectivity index (χ4n) is 5.23. The Labute approximate surface area is 233 Å². The van der Waals surface area contributed by atoms with Crippen molar-refractivity contribution >= 4 is 24.0 Å². The molecule has 0 unspecified atom stereocenters. The number of nitrogens with zero attached hydrogens (tertiary/aromatic N) is 2. The average molecular weight is 628 g/mol. The molecule has 0 spiro atoms. The Bertz CT molecular complexity index is 1930. The van der Waals surface area contributed by atoms with Crippen LogP contribution in [0.2, 0.25) is 0 Å². The van der Waals surface area contributed by atoms with E-state index in [-0.39, 0.29) is 14.7 Å². The largest absolute Gasteiger partial charge is 0.274 e. The molecule has 220 valence electrons. The molecular weight excluding hydrogens is 617 g/mol. The summed E-state index contributed by atoms with van der Waals surface area (Å²) in [5, 5.41) is -0.989. The van der Waals surface area contributed by atoms with Gasteiger partial charge in [-0.2, -0.15) is 0 Å². The summed E-state index contributed by atoms with van der Waals surface area (Å²) >= 11 is 0. The van der Waals surface area contributed by atoms with Gasteiger partial charge in [-0.25, -0.2) is 53.3 Å². The number of hydrogen-bond acceptors (Lipinski definition) is 2. The molecule has 0 radical (unpaired) electrons. The van der Waals surface area contributed by atoms with Crippen molar-refractivity contribution in [2.24, 2.45) is 0 Å². The molecule has 0 amide bonds. The van der Waals surface area contributed by atoms with Gasteiger partial charge in [0, 0.05) is 0 Å². The molecule has 2 heterocycles. The fraction of sp³-hybridized carbons (Fsp3) is 0.0714. The summed E-state index contributed by atoms with van der Waals surface area (Å²) in [5.74, 6) is -29.3. The first-order valence-corrected chi connectivity index (χ1v) is 13.5. The third-order valence-corrected chi connectivity index (χ3v) is 9.99. The maximum absolute atomic E-state index is 15.4. The highest BCUT2D eigenvalue weighted by molar-refractivity contribution is 7.66. The highest BCUT2D eigenvalue weighted by Gasteiger charge is 2.51. The van der Waals surface area contributed by atoms with Gasteiger partial charge in [0.15, 0.2) is 46.5 Å². The van der Waals surface area contributed by atoms with Gasteiger partial charge in [-0.3, -0.25) is 9.59 Å². The van der Waals surface area contributed by atoms with Crippen molar-refractivity contribution in [3.63, 3.8) is 0 Å². The van der Waals surface area contributed by atoms with Crippen molar-refractivity contribution in [2.45, 2.75) is 11.6 Å². The minimum atomic E-state index is -3.02. The van der Waals surface area contributed by atoms with E-state index in [0.29, 0.717) is 0 Å². The van der Waals surface area contributed by atoms with Crippen molar-refractivity contribution < 1.29 is 43.9 Å². The van der Waals surface area contributed by atoms with Gasteiger partial charge in [0.25, 0.3) is 11.1 Å². The predicted octanol–water partition coefficient (Wildman–Crippen LogP) is 6.47. The summed E-state index contributed by atoms with van der Waals surface area (Å²) in [6.07, 6.45) is 0. The lowest BCUT2D eigenvalue weighted by molar-refractivity contribution is 0.356. The number of rotatable bonds is 3. The molecule has 0 aliphatic carbocycles. The van der Waals surface area contributed by atoms with Crippen LogP contribution in [0.3, 0.4) is 0 Å². The number of halogens is 10. The number of benzene rings is 4. The molecule has 0 bridgehead atoms. The maximum atomic E-state index is 15.4. The van der Waals surface area contributed by atoms with Crippen LogP contribution in [-0.2, 0) is 0 Å². The van der Waals surface area contributed by atoms with Gasteiger partial charge >= 0.3 is 0 Å². The van der Waals surface area contributed by atoms with E-state index in [1.807, 2.05) is 0 Å². The van der Waals surface area contributed by atoms with Gasteiger partial charge in [-0.1, -0.05) is 42.5 Å². The molecule has 0 N–H and O–H groups in total. The monoisotopic (exact) mass is 628 g/mol. The smallest absolute Gasteiger partial charge is 0.267 e. The summed E-state index contributed by atoms with van der Waals surface area (Å²) in [6.45, 7) is 0. The van der Waals surface area contributed by atoms with Crippen LogP contribution in [0, 0.1) is 58.2 Å². The highest BCUT2D eigenvalue weighted by Crippen LogP contribution is 2.66. The molecule has 0 fully saturated rings. The van der Waals surface area contributed by atoms with Crippen LogP contribution in [0.1, 0.15) is 22.7 Å². The summed E-state index contributed by atoms with van der Waals surface area (Å²) in [4.78, 5) is 27.7. The Kier molecular flexibility index (Phi) is 6.72. The zero-order valence-corrected chi connectivity index (χ0v) is 21.7. The van der Waals surface area contributed by atoms with E-state index in [2.05, 4.69) is 0 Å². The molecule has 5 aromatic rings. The first kappa shape index (κ1) is 28.7. The van der Waals surface area contributed by atoms with Crippen molar-refractivity contribution in [1.29, 1.82) is 0 Å². The third kappa shape index (κ3) is 3.88. The lowest BCUT2D eigenvalue weighted by atomic mass is 10.1. The number of aromatic nitrogens is 2. The lowest BCUT2D eigenvalue weighted by Gasteiger charge is -2.26. The average Bonchev–Trinajstić information content (AvgIpc) is 3.36. The second-order valence-corrected chi connectivity index (χ2v) is 11.6. The van der Waals surface area contributed by atoms with Crippen molar-refractivity contribution in [3.8, 4) is 0 Å². The van der Waals surface area contributed by atoms with Crippen LogP contribution < -0.4 is 16.4 Å². The number of hydrogen-bond donors (Lipinski definition) is 0. The zero-order chi connectivity index (χ0) is 31.1. The van der Waals surface area contributed by atoms with E-state index < -0.39 is 111 Å². The Morgan fingerprint density at radius 1 is 0.442 bits per heavy atom. The van der Waals surface area contributed by atoms with E-state index in [0.717, 1.165) is 12.1 Å². The van der Waals surface area contributed by atoms with E-state index in [1.165, 1.54) is 42.5 Å². The van der Waals surface area contributed by atoms with Crippen LogP contribution in [0.15, 0.2) is 64.2 Å². The fourth-order valence-corrected chi connectivity index (χ4v) is 8.49. The third-order valence-electron chi connectivity index (χ3n) is 7.08. The van der Waals surface area contributed by atoms with Crippen LogP contribution in [-0.4, -0.2) is 9.36 Å². The van der Waals surface area contributed by atoms with E-state index in [9.17, 15) is 35.9 Å². The second kappa shape index (κ2) is 10.1. The molecule has 0 saturated carbocycles. The molecule has 1 aliphatic rings. The summed E-state index contributed by atoms with van der Waals surface area (Å²) in [7, 11) is -3.02. The standard InChI is InChI=1S/C28H11F10N2O2P/c29-15-13(16(30)20(34)23(37)19(15)33)27-39-25(41)11-8-4-5-9-12(11)26(42)40(39)28(43(27)10-6-2-1-3-7-10)14-17(31)21(35)24(38)22(36)18(14)32/h1-9,27-28H/t27-,28-/m0/s1. The van der Waals surface area contributed by atoms with Gasteiger partial charge in [-0.05, 0) is 25.4 Å². The Balaban J connectivity index is 1.88. The SMILES string of the molecule is O=c1c2ccccc2c(=O)n2n1[C@H](c1c(F)c(F)c(F)c(F)c1F)P(c1ccccc1)[C@H]2c1c(F)c(F)c(F)c(F)c1F. The minimum absolute atomic E-state index is 0.153. The van der Waals surface area contributed by atoms with E-state index in [1.54, 1.807) is 0 Å². The summed E-state index contributed by atoms with van der Waals surface area (Å²) in [6, 6.07) is 11.1. The topological polar surface area (TPSA) is 44.0 Å². The van der Waals surface area contributed by atoms with Crippen LogP contribution in [0.25, 0.3) is 10.8 Å². The molecule has 4 aromatic carbocycles. The molecule has 1 aromatic heterocycles. The van der Waals surface area contributed by atoms with Crippen molar-refractivity contribution in [1.82, 2.24) is 9.36 Å². The molecule has 15 heteroatoms. The summed E-state index contributed by atoms with van der Waals surface area (Å²) in [5.41, 5.74) is -5.86. The zero-order valence-electron chi connectivity index (χ0n) is 20.8. The van der Waals surface area contributed by atoms with Crippen molar-refractivity contribution in [3.05, 3.63) is 145 Å². The Morgan fingerprint density at radius 2 is 0.744 bits per heavy atom. The lowest BCUT2D eigenvalue weighted by Crippen LogP contribution is -2.38. The molecule has 1 aliphatic heterocycles. The molecule has 0 saturated heterocycles. The minimum Gasteiger partial charge on any atom is -0.267 e. The predicted molar refractivity (Wildman–Crippen MR) is 134 cm³/mol. The van der Waals surface area contributed by atoms with E-state index in [4.69, 9.17) is 0 Å². The molecule has 6 rings (SSSR count). The van der Waals surface area contributed by atoms with Crippen molar-refractivity contribution in [2.75, 3.05) is 0 Å². The molecular formula is C28H11F10N2O2P. The Hall–Kier alpha value is -4.45. The molecule has 4 nitrogen and oxygen atoms in total. The number of fused-ring (bicyclic) bond motifs is 2. The normalized spacial score (nSPS) is 16.7. The van der Waals surface area contributed by atoms with Crippen LogP contribution in [0.4, 0.5) is 43.9 Å². The Morgan fingerprint density at radius 3 is 1.09 bits per heavy atom. The van der Waals surface area contributed by atoms with E-state index >= 15 is 17.6 Å².